The monoisotopic (exact) mass is 626 g/mol. The van der Waals surface area contributed by atoms with Crippen molar-refractivity contribution in [2.45, 2.75) is 78.4 Å². The second-order valence-electron chi connectivity index (χ2n) is 12.3. The van der Waals surface area contributed by atoms with Crippen molar-refractivity contribution in [2.75, 3.05) is 27.4 Å². The Morgan fingerprint density at radius 3 is 2.29 bits per heavy atom. The van der Waals surface area contributed by atoms with Gasteiger partial charge in [-0.3, -0.25) is 9.78 Å². The molecule has 0 aliphatic carbocycles. The van der Waals surface area contributed by atoms with E-state index in [1.165, 1.54) is 7.11 Å². The number of halogens is 2. The molecule has 8 nitrogen and oxygen atoms in total. The molecule has 0 bridgehead atoms. The topological polar surface area (TPSA) is 94.6 Å². The van der Waals surface area contributed by atoms with Gasteiger partial charge in [-0.05, 0) is 86.5 Å². The maximum absolute atomic E-state index is 13.6. The fraction of sp³-hybridized carbons (Fsp3) is 0.514. The number of carbonyl (C=O) groups is 1. The van der Waals surface area contributed by atoms with Crippen molar-refractivity contribution in [2.24, 2.45) is 11.8 Å². The van der Waals surface area contributed by atoms with E-state index in [9.17, 15) is 13.6 Å². The summed E-state index contributed by atoms with van der Waals surface area (Å²) in [6.45, 7) is 12.3. The molecule has 246 valence electrons. The summed E-state index contributed by atoms with van der Waals surface area (Å²) in [4.78, 5) is 20.0. The third-order valence-corrected chi connectivity index (χ3v) is 7.60. The summed E-state index contributed by atoms with van der Waals surface area (Å²) in [6.07, 6.45) is 1.68. The van der Waals surface area contributed by atoms with E-state index in [0.717, 1.165) is 48.4 Å². The molecular weight excluding hydrogens is 578 g/mol. The summed E-state index contributed by atoms with van der Waals surface area (Å²) in [5, 5.41) is 6.65. The zero-order valence-electron chi connectivity index (χ0n) is 27.5. The predicted molar refractivity (Wildman–Crippen MR) is 173 cm³/mol. The van der Waals surface area contributed by atoms with Crippen LogP contribution < -0.4 is 20.1 Å². The van der Waals surface area contributed by atoms with Crippen molar-refractivity contribution in [1.29, 1.82) is 0 Å². The van der Waals surface area contributed by atoms with Crippen LogP contribution in [0.1, 0.15) is 70.3 Å². The number of esters is 1. The highest BCUT2D eigenvalue weighted by Gasteiger charge is 2.38. The Kier molecular flexibility index (Phi) is 13.7. The molecule has 3 aromatic rings. The molecule has 1 aliphatic heterocycles. The van der Waals surface area contributed by atoms with Crippen LogP contribution in [0.4, 0.5) is 8.78 Å². The van der Waals surface area contributed by atoms with Gasteiger partial charge in [-0.15, -0.1) is 0 Å². The molecule has 0 amide bonds. The van der Waals surface area contributed by atoms with Crippen LogP contribution in [-0.4, -0.2) is 54.9 Å². The Hall–Kier alpha value is -3.63. The molecule has 10 heteroatoms. The van der Waals surface area contributed by atoms with E-state index >= 15 is 0 Å². The van der Waals surface area contributed by atoms with Gasteiger partial charge in [0.05, 0.1) is 25.5 Å². The summed E-state index contributed by atoms with van der Waals surface area (Å²) in [5.74, 6) is 1.73. The second kappa shape index (κ2) is 17.2. The van der Waals surface area contributed by atoms with Crippen LogP contribution in [0.25, 0.3) is 11.3 Å². The summed E-state index contributed by atoms with van der Waals surface area (Å²) < 4.78 is 42.8. The molecular formula is C35H48F2N4O4. The molecule has 4 rings (SSSR count). The number of alkyl halides is 2. The van der Waals surface area contributed by atoms with Crippen molar-refractivity contribution in [1.82, 2.24) is 20.6 Å². The Bertz CT molecular complexity index is 1350. The van der Waals surface area contributed by atoms with Gasteiger partial charge in [-0.1, -0.05) is 39.8 Å². The Morgan fingerprint density at radius 1 is 1.04 bits per heavy atom. The minimum atomic E-state index is -2.69. The van der Waals surface area contributed by atoms with Gasteiger partial charge < -0.3 is 24.8 Å². The number of carbonyl (C=O) groups excluding carboxylic acids is 1. The van der Waals surface area contributed by atoms with Crippen LogP contribution in [0.15, 0.2) is 54.7 Å². The number of nitrogens with zero attached hydrogens (tertiary/aromatic N) is 2. The molecule has 1 aromatic carbocycles. The molecule has 1 fully saturated rings. The van der Waals surface area contributed by atoms with Gasteiger partial charge in [-0.2, -0.15) is 0 Å². The van der Waals surface area contributed by atoms with Gasteiger partial charge in [0.2, 0.25) is 0 Å². The van der Waals surface area contributed by atoms with Crippen molar-refractivity contribution in [3.05, 3.63) is 71.7 Å². The standard InChI is InChI=1S/C20H25F2N3O.C15H23NO3/c1-13(2)11-20(7-9-24-20)12-26-17-5-4-16(25-18(17)19(21)22)15-6-8-23-14(3)10-15;1-11(2)9-14(15(17)19-4)16-10-12-5-7-13(18-3)8-6-12/h4-6,8,10,13,19,24H,7,9,11-12H2,1-3H3;5-8,11,14,16H,9-10H2,1-4H3. The SMILES string of the molecule is COC(=O)C(CC(C)C)NCc1ccc(OC)cc1.Cc1cc(-c2ccc(OCC3(CC(C)C)CCN3)c(C(F)F)n2)ccn1. The van der Waals surface area contributed by atoms with E-state index in [1.807, 2.05) is 37.3 Å². The molecule has 0 radical (unpaired) electrons. The first-order valence-electron chi connectivity index (χ1n) is 15.5. The van der Waals surface area contributed by atoms with Crippen LogP contribution in [0.3, 0.4) is 0 Å². The van der Waals surface area contributed by atoms with Crippen molar-refractivity contribution in [3.8, 4) is 22.8 Å². The normalized spacial score (nSPS) is 16.5. The van der Waals surface area contributed by atoms with Gasteiger partial charge in [-0.25, -0.2) is 13.8 Å². The number of aryl methyl sites for hydroxylation is 1. The molecule has 45 heavy (non-hydrogen) atoms. The van der Waals surface area contributed by atoms with Crippen LogP contribution in [-0.2, 0) is 16.1 Å². The molecule has 2 atom stereocenters. The first kappa shape index (κ1) is 35.8. The first-order valence-corrected chi connectivity index (χ1v) is 15.5. The fourth-order valence-electron chi connectivity index (χ4n) is 5.30. The molecule has 1 saturated heterocycles. The average molecular weight is 627 g/mol. The number of ether oxygens (including phenoxy) is 3. The van der Waals surface area contributed by atoms with E-state index in [0.29, 0.717) is 30.7 Å². The van der Waals surface area contributed by atoms with E-state index < -0.39 is 6.43 Å². The minimum Gasteiger partial charge on any atom is -0.497 e. The third kappa shape index (κ3) is 11.0. The number of rotatable bonds is 14. The summed E-state index contributed by atoms with van der Waals surface area (Å²) >= 11 is 0. The lowest BCUT2D eigenvalue weighted by Gasteiger charge is -2.44. The van der Waals surface area contributed by atoms with Gasteiger partial charge in [0.1, 0.15) is 29.8 Å². The van der Waals surface area contributed by atoms with Crippen LogP contribution in [0.2, 0.25) is 0 Å². The van der Waals surface area contributed by atoms with Gasteiger partial charge in [0.15, 0.2) is 0 Å². The van der Waals surface area contributed by atoms with Gasteiger partial charge >= 0.3 is 5.97 Å². The van der Waals surface area contributed by atoms with E-state index in [-0.39, 0.29) is 29.0 Å². The molecule has 2 N–H and O–H groups in total. The summed E-state index contributed by atoms with van der Waals surface area (Å²) in [7, 11) is 3.06. The Morgan fingerprint density at radius 2 is 1.76 bits per heavy atom. The molecule has 3 heterocycles. The van der Waals surface area contributed by atoms with Crippen LogP contribution >= 0.6 is 0 Å². The number of aromatic nitrogens is 2. The molecule has 2 aromatic heterocycles. The van der Waals surface area contributed by atoms with Crippen LogP contribution in [0.5, 0.6) is 11.5 Å². The number of nitrogens with one attached hydrogen (secondary N) is 2. The smallest absolute Gasteiger partial charge is 0.322 e. The van der Waals surface area contributed by atoms with Crippen molar-refractivity contribution >= 4 is 5.97 Å². The lowest BCUT2D eigenvalue weighted by atomic mass is 9.81. The summed E-state index contributed by atoms with van der Waals surface area (Å²) in [6, 6.07) is 14.4. The van der Waals surface area contributed by atoms with E-state index in [2.05, 4.69) is 48.3 Å². The first-order chi connectivity index (χ1) is 21.4. The third-order valence-electron chi connectivity index (χ3n) is 7.60. The second-order valence-corrected chi connectivity index (χ2v) is 12.3. The lowest BCUT2D eigenvalue weighted by Crippen LogP contribution is -2.61. The molecule has 2 unspecified atom stereocenters. The molecule has 0 saturated carbocycles. The fourth-order valence-corrected chi connectivity index (χ4v) is 5.30. The van der Waals surface area contributed by atoms with Crippen molar-refractivity contribution in [3.63, 3.8) is 0 Å². The number of pyridine rings is 2. The number of methoxy groups -OCH3 is 2. The van der Waals surface area contributed by atoms with E-state index in [1.54, 1.807) is 31.5 Å². The lowest BCUT2D eigenvalue weighted by molar-refractivity contribution is -0.143. The maximum Gasteiger partial charge on any atom is 0.322 e. The molecule has 0 spiro atoms. The number of benzene rings is 1. The predicted octanol–water partition coefficient (Wildman–Crippen LogP) is 6.92. The zero-order valence-corrected chi connectivity index (χ0v) is 27.5. The quantitative estimate of drug-likeness (QED) is 0.186. The maximum atomic E-state index is 13.6. The van der Waals surface area contributed by atoms with Crippen LogP contribution in [0, 0.1) is 18.8 Å². The van der Waals surface area contributed by atoms with Gasteiger partial charge in [0.25, 0.3) is 6.43 Å². The Labute approximate surface area is 266 Å². The van der Waals surface area contributed by atoms with E-state index in [4.69, 9.17) is 14.2 Å². The molecule has 1 aliphatic rings. The summed E-state index contributed by atoms with van der Waals surface area (Å²) in [5.41, 5.74) is 2.76. The number of hydrogen-bond donors (Lipinski definition) is 2. The minimum absolute atomic E-state index is 0.117. The number of hydrogen-bond acceptors (Lipinski definition) is 8. The zero-order chi connectivity index (χ0) is 33.0. The highest BCUT2D eigenvalue weighted by atomic mass is 19.3. The largest absolute Gasteiger partial charge is 0.497 e. The Balaban J connectivity index is 0.000000259. The average Bonchev–Trinajstić information content (AvgIpc) is 3.00. The van der Waals surface area contributed by atoms with Crippen molar-refractivity contribution < 1.29 is 27.8 Å². The highest BCUT2D eigenvalue weighted by Crippen LogP contribution is 2.33. The highest BCUT2D eigenvalue weighted by molar-refractivity contribution is 5.75. The van der Waals surface area contributed by atoms with Gasteiger partial charge in [0, 0.05) is 24.0 Å².